The molecule has 0 aliphatic heterocycles. The van der Waals surface area contributed by atoms with Gasteiger partial charge in [-0.05, 0) is 23.8 Å². The predicted molar refractivity (Wildman–Crippen MR) is 91.1 cm³/mol. The molecule has 1 aromatic carbocycles. The van der Waals surface area contributed by atoms with Crippen LogP contribution in [0.25, 0.3) is 17.3 Å². The second-order valence-corrected chi connectivity index (χ2v) is 7.86. The lowest BCUT2D eigenvalue weighted by Gasteiger charge is -2.07. The molecule has 0 saturated carbocycles. The fraction of sp³-hybridized carbons (Fsp3) is 0.154. The summed E-state index contributed by atoms with van der Waals surface area (Å²) in [5.41, 5.74) is -0.545. The number of aryl methyl sites for hydroxylation is 1. The monoisotopic (exact) mass is 450 g/mol. The van der Waals surface area contributed by atoms with Crippen LogP contribution >= 0.6 is 42.4 Å². The standard InChI is InChI=1S/C13H9Cl3F3N2O4P/c1-21-12(25-13(18)19)10(16)11(20-21)6-2-5(7(14)4-8(6)17)3-9(15)26(22,23)24/h2-4,13H,1H3,(H2,22,23,24)/b9-3+. The van der Waals surface area contributed by atoms with Crippen LogP contribution in [0, 0.1) is 5.82 Å². The maximum atomic E-state index is 14.3. The fourth-order valence-electron chi connectivity index (χ4n) is 1.94. The number of benzene rings is 1. The smallest absolute Gasteiger partial charge is 0.388 e. The fourth-order valence-corrected chi connectivity index (χ4v) is 2.87. The van der Waals surface area contributed by atoms with Crippen molar-refractivity contribution >= 4 is 48.5 Å². The molecule has 142 valence electrons. The third kappa shape index (κ3) is 4.54. The lowest BCUT2D eigenvalue weighted by Crippen LogP contribution is -2.06. The topological polar surface area (TPSA) is 84.6 Å². The van der Waals surface area contributed by atoms with Crippen molar-refractivity contribution in [2.75, 3.05) is 0 Å². The van der Waals surface area contributed by atoms with E-state index in [-0.39, 0.29) is 26.9 Å². The van der Waals surface area contributed by atoms with E-state index in [0.29, 0.717) is 0 Å². The molecule has 1 heterocycles. The second-order valence-electron chi connectivity index (χ2n) is 4.83. The molecule has 0 bridgehead atoms. The van der Waals surface area contributed by atoms with Crippen molar-refractivity contribution in [1.82, 2.24) is 9.78 Å². The van der Waals surface area contributed by atoms with Gasteiger partial charge < -0.3 is 14.5 Å². The molecule has 2 aromatic rings. The molecule has 0 unspecified atom stereocenters. The van der Waals surface area contributed by atoms with Gasteiger partial charge in [-0.3, -0.25) is 4.57 Å². The van der Waals surface area contributed by atoms with Gasteiger partial charge in [-0.2, -0.15) is 13.9 Å². The van der Waals surface area contributed by atoms with Crippen LogP contribution in [-0.4, -0.2) is 26.2 Å². The number of hydrogen-bond acceptors (Lipinski definition) is 3. The van der Waals surface area contributed by atoms with Crippen LogP contribution in [-0.2, 0) is 11.6 Å². The van der Waals surface area contributed by atoms with Crippen LogP contribution < -0.4 is 4.74 Å². The zero-order chi connectivity index (χ0) is 19.8. The quantitative estimate of drug-likeness (QED) is 0.635. The molecular formula is C13H9Cl3F3N2O4P. The Balaban J connectivity index is 2.62. The Kier molecular flexibility index (Phi) is 6.32. The van der Waals surface area contributed by atoms with Gasteiger partial charge in [0.05, 0.1) is 5.02 Å². The molecule has 0 aliphatic rings. The number of ether oxygens (including phenoxy) is 1. The second kappa shape index (κ2) is 7.80. The summed E-state index contributed by atoms with van der Waals surface area (Å²) in [5, 5.41) is 3.24. The molecule has 26 heavy (non-hydrogen) atoms. The van der Waals surface area contributed by atoms with E-state index in [2.05, 4.69) is 9.84 Å². The maximum Gasteiger partial charge on any atom is 0.388 e. The Morgan fingerprint density at radius 3 is 2.54 bits per heavy atom. The minimum Gasteiger partial charge on any atom is -0.416 e. The van der Waals surface area contributed by atoms with Gasteiger partial charge in [0.1, 0.15) is 21.3 Å². The molecule has 2 N–H and O–H groups in total. The minimum atomic E-state index is -4.75. The number of rotatable bonds is 5. The number of halogens is 6. The summed E-state index contributed by atoms with van der Waals surface area (Å²) in [6.45, 7) is -3.17. The zero-order valence-corrected chi connectivity index (χ0v) is 15.8. The van der Waals surface area contributed by atoms with Crippen LogP contribution in [0.15, 0.2) is 16.9 Å². The first-order chi connectivity index (χ1) is 11.9. The molecule has 0 spiro atoms. The number of hydrogen-bond donors (Lipinski definition) is 2. The van der Waals surface area contributed by atoms with Gasteiger partial charge in [0.25, 0.3) is 0 Å². The molecule has 6 nitrogen and oxygen atoms in total. The minimum absolute atomic E-state index is 0.0468. The first-order valence-electron chi connectivity index (χ1n) is 6.51. The SMILES string of the molecule is Cn1nc(-c2cc(/C=C(\Cl)P(=O)(O)O)c(Cl)cc2F)c(Cl)c1OC(F)F. The van der Waals surface area contributed by atoms with Gasteiger partial charge in [-0.1, -0.05) is 34.8 Å². The highest BCUT2D eigenvalue weighted by Gasteiger charge is 2.24. The average molecular weight is 452 g/mol. The van der Waals surface area contributed by atoms with Crippen LogP contribution in [0.1, 0.15) is 5.56 Å². The van der Waals surface area contributed by atoms with Crippen LogP contribution in [0.2, 0.25) is 10.0 Å². The Labute approximate surface area is 159 Å². The highest BCUT2D eigenvalue weighted by atomic mass is 35.5. The van der Waals surface area contributed by atoms with E-state index in [1.165, 1.54) is 7.05 Å². The lowest BCUT2D eigenvalue weighted by atomic mass is 10.1. The number of aromatic nitrogens is 2. The van der Waals surface area contributed by atoms with Crippen LogP contribution in [0.5, 0.6) is 5.88 Å². The summed E-state index contributed by atoms with van der Waals surface area (Å²) in [4.78, 5) is 18.0. The zero-order valence-electron chi connectivity index (χ0n) is 12.6. The van der Waals surface area contributed by atoms with Gasteiger partial charge in [0.15, 0.2) is 0 Å². The third-order valence-corrected chi connectivity index (χ3v) is 5.16. The van der Waals surface area contributed by atoms with Gasteiger partial charge in [-0.15, -0.1) is 0 Å². The average Bonchev–Trinajstić information content (AvgIpc) is 2.76. The summed E-state index contributed by atoms with van der Waals surface area (Å²) in [6, 6.07) is 1.90. The summed E-state index contributed by atoms with van der Waals surface area (Å²) in [7, 11) is -3.49. The Morgan fingerprint density at radius 1 is 1.38 bits per heavy atom. The Morgan fingerprint density at radius 2 is 2.00 bits per heavy atom. The van der Waals surface area contributed by atoms with Crippen molar-refractivity contribution in [3.8, 4) is 17.1 Å². The first-order valence-corrected chi connectivity index (χ1v) is 9.26. The molecule has 0 aliphatic carbocycles. The van der Waals surface area contributed by atoms with Crippen molar-refractivity contribution in [3.05, 3.63) is 38.3 Å². The molecule has 0 radical (unpaired) electrons. The molecular weight excluding hydrogens is 442 g/mol. The lowest BCUT2D eigenvalue weighted by molar-refractivity contribution is -0.0552. The normalized spacial score (nSPS) is 12.8. The van der Waals surface area contributed by atoms with E-state index in [1.54, 1.807) is 0 Å². The van der Waals surface area contributed by atoms with E-state index < -0.39 is 30.7 Å². The Hall–Kier alpha value is -1.22. The van der Waals surface area contributed by atoms with Crippen LogP contribution in [0.4, 0.5) is 13.2 Å². The first kappa shape index (κ1) is 21.1. The summed E-state index contributed by atoms with van der Waals surface area (Å²) in [6.07, 6.45) is 0.848. The highest BCUT2D eigenvalue weighted by molar-refractivity contribution is 7.59. The number of nitrogens with zero attached hydrogens (tertiary/aromatic N) is 2. The van der Waals surface area contributed by atoms with Crippen molar-refractivity contribution < 1.29 is 32.3 Å². The van der Waals surface area contributed by atoms with E-state index in [4.69, 9.17) is 44.6 Å². The van der Waals surface area contributed by atoms with Crippen molar-refractivity contribution in [2.24, 2.45) is 7.05 Å². The highest BCUT2D eigenvalue weighted by Crippen LogP contribution is 2.49. The summed E-state index contributed by atoms with van der Waals surface area (Å²) in [5.74, 6) is -1.39. The van der Waals surface area contributed by atoms with Gasteiger partial charge in [0.2, 0.25) is 5.88 Å². The van der Waals surface area contributed by atoms with E-state index in [0.717, 1.165) is 22.9 Å². The molecule has 13 heteroatoms. The molecule has 0 saturated heterocycles. The third-order valence-electron chi connectivity index (χ3n) is 3.03. The van der Waals surface area contributed by atoms with E-state index >= 15 is 0 Å². The van der Waals surface area contributed by atoms with Crippen molar-refractivity contribution in [3.63, 3.8) is 0 Å². The van der Waals surface area contributed by atoms with Crippen molar-refractivity contribution in [2.45, 2.75) is 6.61 Å². The molecule has 1 aromatic heterocycles. The summed E-state index contributed by atoms with van der Waals surface area (Å²) < 4.78 is 54.6. The molecule has 0 fully saturated rings. The maximum absolute atomic E-state index is 14.3. The van der Waals surface area contributed by atoms with Gasteiger partial charge in [-0.25, -0.2) is 9.07 Å². The van der Waals surface area contributed by atoms with E-state index in [9.17, 15) is 17.7 Å². The predicted octanol–water partition coefficient (Wildman–Crippen LogP) is 4.85. The largest absolute Gasteiger partial charge is 0.416 e. The van der Waals surface area contributed by atoms with Gasteiger partial charge >= 0.3 is 14.2 Å². The van der Waals surface area contributed by atoms with Crippen molar-refractivity contribution in [1.29, 1.82) is 0 Å². The molecule has 0 amide bonds. The van der Waals surface area contributed by atoms with Crippen LogP contribution in [0.3, 0.4) is 0 Å². The number of alkyl halides is 2. The summed E-state index contributed by atoms with van der Waals surface area (Å²) >= 11 is 17.3. The van der Waals surface area contributed by atoms with Gasteiger partial charge in [0, 0.05) is 12.6 Å². The molecule has 0 atom stereocenters. The molecule has 2 rings (SSSR count). The van der Waals surface area contributed by atoms with E-state index in [1.807, 2.05) is 0 Å². The Bertz CT molecular complexity index is 930.